The first kappa shape index (κ1) is 31.9. The lowest BCUT2D eigenvalue weighted by molar-refractivity contribution is -0.143. The molecule has 2 N–H and O–H groups in total. The van der Waals surface area contributed by atoms with Crippen LogP contribution in [0.2, 0.25) is 0 Å². The second-order valence-electron chi connectivity index (χ2n) is 13.5. The molecule has 0 spiro atoms. The van der Waals surface area contributed by atoms with Crippen molar-refractivity contribution in [2.75, 3.05) is 5.32 Å². The highest BCUT2D eigenvalue weighted by molar-refractivity contribution is 7.10. The van der Waals surface area contributed by atoms with Gasteiger partial charge in [0.05, 0.1) is 16.6 Å². The summed E-state index contributed by atoms with van der Waals surface area (Å²) in [6, 6.07) is 10.1. The van der Waals surface area contributed by atoms with Crippen molar-refractivity contribution in [2.45, 2.75) is 98.8 Å². The first-order valence-corrected chi connectivity index (χ1v) is 16.3. The van der Waals surface area contributed by atoms with Gasteiger partial charge in [0.1, 0.15) is 0 Å². The van der Waals surface area contributed by atoms with Gasteiger partial charge in [-0.25, -0.2) is 4.98 Å². The van der Waals surface area contributed by atoms with Gasteiger partial charge in [-0.05, 0) is 92.2 Å². The summed E-state index contributed by atoms with van der Waals surface area (Å²) in [5, 5.41) is 15.1. The lowest BCUT2D eigenvalue weighted by atomic mass is 9.70. The number of carbonyl (C=O) groups excluding carboxylic acids is 1. The third kappa shape index (κ3) is 8.50. The molecule has 226 valence electrons. The number of carbonyl (C=O) groups is 2. The molecule has 1 aromatic carbocycles. The summed E-state index contributed by atoms with van der Waals surface area (Å²) in [6.07, 6.45) is 13.8. The molecule has 0 unspecified atom stereocenters. The molecule has 2 saturated carbocycles. The maximum absolute atomic E-state index is 12.9. The van der Waals surface area contributed by atoms with Gasteiger partial charge in [-0.15, -0.1) is 11.3 Å². The summed E-state index contributed by atoms with van der Waals surface area (Å²) in [5.74, 6) is 0.189. The Balaban J connectivity index is 0.000000262. The number of pyridine rings is 1. The molecule has 5 rings (SSSR count). The summed E-state index contributed by atoms with van der Waals surface area (Å²) < 4.78 is 0. The fourth-order valence-corrected chi connectivity index (χ4v) is 7.02. The largest absolute Gasteiger partial charge is 0.481 e. The SMILES string of the molecule is CC(C)(C)C1CCC(C(=O)O)CC1.Cc1ccc(NC(=O)C2(C)CCCCC2)cc1Cc1nc(-c2cccnc2)cs1. The average molecular weight is 590 g/mol. The van der Waals surface area contributed by atoms with Crippen molar-refractivity contribution in [3.05, 3.63) is 64.2 Å². The van der Waals surface area contributed by atoms with Crippen molar-refractivity contribution in [3.8, 4) is 11.3 Å². The van der Waals surface area contributed by atoms with Gasteiger partial charge in [0.25, 0.3) is 0 Å². The summed E-state index contributed by atoms with van der Waals surface area (Å²) in [5.41, 5.74) is 5.40. The van der Waals surface area contributed by atoms with E-state index in [0.717, 1.165) is 79.7 Å². The fourth-order valence-electron chi connectivity index (χ4n) is 6.19. The minimum atomic E-state index is -0.604. The van der Waals surface area contributed by atoms with Gasteiger partial charge in [0.2, 0.25) is 5.91 Å². The zero-order valence-electron chi connectivity index (χ0n) is 25.9. The first-order valence-electron chi connectivity index (χ1n) is 15.4. The highest BCUT2D eigenvalue weighted by atomic mass is 32.1. The molecule has 42 heavy (non-hydrogen) atoms. The summed E-state index contributed by atoms with van der Waals surface area (Å²) in [7, 11) is 0. The Morgan fingerprint density at radius 2 is 1.79 bits per heavy atom. The Hall–Kier alpha value is -3.06. The van der Waals surface area contributed by atoms with Crippen LogP contribution in [0.15, 0.2) is 48.1 Å². The minimum absolute atomic E-state index is 0.0707. The molecule has 0 bridgehead atoms. The molecule has 2 heterocycles. The lowest BCUT2D eigenvalue weighted by Gasteiger charge is -2.35. The number of aliphatic carboxylic acids is 1. The highest BCUT2D eigenvalue weighted by Crippen LogP contribution is 2.40. The number of amides is 1. The number of anilines is 1. The van der Waals surface area contributed by atoms with Gasteiger partial charge in [-0.2, -0.15) is 0 Å². The van der Waals surface area contributed by atoms with Crippen LogP contribution in [0.3, 0.4) is 0 Å². The zero-order valence-corrected chi connectivity index (χ0v) is 26.7. The van der Waals surface area contributed by atoms with Crippen LogP contribution in [0.4, 0.5) is 5.69 Å². The van der Waals surface area contributed by atoms with Crippen LogP contribution in [0.5, 0.6) is 0 Å². The van der Waals surface area contributed by atoms with E-state index < -0.39 is 5.97 Å². The molecule has 1 amide bonds. The van der Waals surface area contributed by atoms with Crippen LogP contribution in [0.1, 0.15) is 102 Å². The predicted molar refractivity (Wildman–Crippen MR) is 172 cm³/mol. The van der Waals surface area contributed by atoms with Crippen LogP contribution < -0.4 is 5.32 Å². The number of nitrogens with zero attached hydrogens (tertiary/aromatic N) is 2. The third-order valence-electron chi connectivity index (χ3n) is 9.26. The molecule has 2 aliphatic carbocycles. The number of nitrogens with one attached hydrogen (secondary N) is 1. The van der Waals surface area contributed by atoms with E-state index in [1.807, 2.05) is 24.4 Å². The summed E-state index contributed by atoms with van der Waals surface area (Å²) in [4.78, 5) is 32.5. The Bertz CT molecular complexity index is 1330. The number of hydrogen-bond acceptors (Lipinski definition) is 5. The molecule has 0 saturated heterocycles. The molecule has 2 aliphatic rings. The number of rotatable bonds is 6. The lowest BCUT2D eigenvalue weighted by Crippen LogP contribution is -2.35. The number of aromatic nitrogens is 2. The number of carboxylic acids is 1. The molecular formula is C35H47N3O3S. The Morgan fingerprint density at radius 3 is 2.40 bits per heavy atom. The van der Waals surface area contributed by atoms with Gasteiger partial charge < -0.3 is 10.4 Å². The van der Waals surface area contributed by atoms with Crippen molar-refractivity contribution in [1.29, 1.82) is 0 Å². The van der Waals surface area contributed by atoms with Crippen LogP contribution in [0.25, 0.3) is 11.3 Å². The second-order valence-corrected chi connectivity index (χ2v) is 14.5. The maximum Gasteiger partial charge on any atom is 0.306 e. The van der Waals surface area contributed by atoms with Crippen molar-refractivity contribution >= 4 is 28.9 Å². The minimum Gasteiger partial charge on any atom is -0.481 e. The van der Waals surface area contributed by atoms with Gasteiger partial charge in [-0.1, -0.05) is 53.0 Å². The van der Waals surface area contributed by atoms with Crippen LogP contribution >= 0.6 is 11.3 Å². The molecule has 3 aromatic rings. The molecule has 6 nitrogen and oxygen atoms in total. The Morgan fingerprint density at radius 1 is 1.07 bits per heavy atom. The quantitative estimate of drug-likeness (QED) is 0.299. The highest BCUT2D eigenvalue weighted by Gasteiger charge is 2.34. The third-order valence-corrected chi connectivity index (χ3v) is 10.1. The molecular weight excluding hydrogens is 542 g/mol. The van der Waals surface area contributed by atoms with Crippen LogP contribution in [-0.2, 0) is 16.0 Å². The van der Waals surface area contributed by atoms with E-state index in [1.165, 1.54) is 17.5 Å². The standard InChI is InChI=1S/C24H27N3OS.C11H20O2/c1-17-8-9-20(26-23(28)24(2)10-4-3-5-11-24)13-19(17)14-22-27-21(16-29-22)18-7-6-12-25-15-18;1-11(2,3)9-6-4-8(5-7-9)10(12)13/h6-9,12-13,15-16H,3-5,10-11,14H2,1-2H3,(H,26,28);8-9H,4-7H2,1-3H3,(H,12,13). The molecule has 2 fully saturated rings. The normalized spacial score (nSPS) is 20.2. The maximum atomic E-state index is 12.9. The molecule has 0 atom stereocenters. The number of thiazole rings is 1. The Labute approximate surface area is 255 Å². The summed E-state index contributed by atoms with van der Waals surface area (Å²) in [6.45, 7) is 11.0. The van der Waals surface area contributed by atoms with E-state index in [9.17, 15) is 9.59 Å². The molecule has 7 heteroatoms. The van der Waals surface area contributed by atoms with E-state index in [0.29, 0.717) is 11.3 Å². The van der Waals surface area contributed by atoms with E-state index in [1.54, 1.807) is 17.5 Å². The van der Waals surface area contributed by atoms with Crippen molar-refractivity contribution in [3.63, 3.8) is 0 Å². The second kappa shape index (κ2) is 13.9. The number of carboxylic acid groups (broad SMARTS) is 1. The number of aryl methyl sites for hydroxylation is 1. The van der Waals surface area contributed by atoms with Crippen molar-refractivity contribution < 1.29 is 14.7 Å². The Kier molecular flexibility index (Phi) is 10.6. The number of benzene rings is 1. The van der Waals surface area contributed by atoms with E-state index in [4.69, 9.17) is 10.1 Å². The average Bonchev–Trinajstić information content (AvgIpc) is 3.44. The van der Waals surface area contributed by atoms with Gasteiger partial charge in [0, 0.05) is 40.9 Å². The van der Waals surface area contributed by atoms with Gasteiger partial charge in [0.15, 0.2) is 0 Å². The monoisotopic (exact) mass is 589 g/mol. The van der Waals surface area contributed by atoms with Crippen molar-refractivity contribution in [2.24, 2.45) is 22.7 Å². The predicted octanol–water partition coefficient (Wildman–Crippen LogP) is 8.94. The molecule has 0 radical (unpaired) electrons. The van der Waals surface area contributed by atoms with E-state index in [-0.39, 0.29) is 17.2 Å². The molecule has 2 aromatic heterocycles. The fraction of sp³-hybridized carbons (Fsp3) is 0.543. The number of hydrogen-bond donors (Lipinski definition) is 2. The smallest absolute Gasteiger partial charge is 0.306 e. The van der Waals surface area contributed by atoms with E-state index >= 15 is 0 Å². The first-order chi connectivity index (χ1) is 19.9. The van der Waals surface area contributed by atoms with Crippen LogP contribution in [0, 0.1) is 29.6 Å². The van der Waals surface area contributed by atoms with E-state index in [2.05, 4.69) is 62.4 Å². The summed E-state index contributed by atoms with van der Waals surface area (Å²) >= 11 is 1.66. The van der Waals surface area contributed by atoms with Gasteiger partial charge >= 0.3 is 5.97 Å². The zero-order chi connectivity index (χ0) is 30.3. The molecule has 0 aliphatic heterocycles. The van der Waals surface area contributed by atoms with Crippen LogP contribution in [-0.4, -0.2) is 27.0 Å². The van der Waals surface area contributed by atoms with Gasteiger partial charge in [-0.3, -0.25) is 14.6 Å². The topological polar surface area (TPSA) is 92.2 Å². The van der Waals surface area contributed by atoms with Crippen molar-refractivity contribution in [1.82, 2.24) is 9.97 Å².